The summed E-state index contributed by atoms with van der Waals surface area (Å²) >= 11 is 0. The molecule has 2 unspecified atom stereocenters. The summed E-state index contributed by atoms with van der Waals surface area (Å²) in [7, 11) is 1.53. The number of hydrogen-bond donors (Lipinski definition) is 0. The first kappa shape index (κ1) is 23.9. The minimum Gasteiger partial charge on any atom is -0.378 e. The Bertz CT molecular complexity index is 999. The molecule has 1 aromatic carbocycles. The number of fused-ring (bicyclic) bond motifs is 1. The maximum absolute atomic E-state index is 13.7. The lowest BCUT2D eigenvalue weighted by atomic mass is 9.61. The molecule has 0 radical (unpaired) electrons. The lowest BCUT2D eigenvalue weighted by Crippen LogP contribution is -2.47. The van der Waals surface area contributed by atoms with Crippen molar-refractivity contribution in [3.05, 3.63) is 46.7 Å². The minimum atomic E-state index is -4.47. The predicted molar refractivity (Wildman–Crippen MR) is 119 cm³/mol. The Morgan fingerprint density at radius 3 is 2.33 bits per heavy atom. The number of rotatable bonds is 5. The predicted octanol–water partition coefficient (Wildman–Crippen LogP) is 6.05. The van der Waals surface area contributed by atoms with Crippen molar-refractivity contribution in [3.8, 4) is 0 Å². The van der Waals surface area contributed by atoms with Crippen molar-refractivity contribution in [2.75, 3.05) is 13.7 Å². The van der Waals surface area contributed by atoms with Gasteiger partial charge < -0.3 is 4.74 Å². The van der Waals surface area contributed by atoms with Crippen LogP contribution in [0.15, 0.2) is 40.5 Å². The third-order valence-electron chi connectivity index (χ3n) is 7.21. The van der Waals surface area contributed by atoms with E-state index < -0.39 is 17.7 Å². The molecule has 4 nitrogen and oxygen atoms in total. The fourth-order valence-electron chi connectivity index (χ4n) is 5.86. The molecule has 1 heterocycles. The van der Waals surface area contributed by atoms with Gasteiger partial charge in [-0.25, -0.2) is 0 Å². The van der Waals surface area contributed by atoms with Gasteiger partial charge in [-0.1, -0.05) is 38.8 Å². The number of benzene rings is 1. The second-order valence-corrected chi connectivity index (χ2v) is 10.3. The number of allylic oxidation sites excluding steroid dienone is 1. The maximum Gasteiger partial charge on any atom is 0.416 e. The van der Waals surface area contributed by atoms with Crippen LogP contribution in [-0.2, 0) is 15.7 Å². The van der Waals surface area contributed by atoms with Crippen LogP contribution in [0.5, 0.6) is 0 Å². The number of ether oxygens (including phenoxy) is 1. The Morgan fingerprint density at radius 2 is 1.76 bits per heavy atom. The average molecular weight is 462 g/mol. The van der Waals surface area contributed by atoms with Gasteiger partial charge in [0.1, 0.15) is 5.78 Å². The van der Waals surface area contributed by atoms with Crippen LogP contribution < -0.4 is 0 Å². The molecule has 0 N–H and O–H groups in total. The topological polar surface area (TPSA) is 55.7 Å². The summed E-state index contributed by atoms with van der Waals surface area (Å²) < 4.78 is 44.5. The largest absolute Gasteiger partial charge is 0.416 e. The number of ketones is 2. The zero-order valence-electron chi connectivity index (χ0n) is 19.3. The summed E-state index contributed by atoms with van der Waals surface area (Å²) in [5, 5.41) is 0. The quantitative estimate of drug-likeness (QED) is 0.501. The van der Waals surface area contributed by atoms with Crippen LogP contribution in [0.2, 0.25) is 0 Å². The van der Waals surface area contributed by atoms with Crippen LogP contribution in [0.3, 0.4) is 0 Å². The summed E-state index contributed by atoms with van der Waals surface area (Å²) in [6.45, 7) is 4.23. The monoisotopic (exact) mass is 461 g/mol. The zero-order chi connectivity index (χ0) is 24.0. The van der Waals surface area contributed by atoms with Gasteiger partial charge >= 0.3 is 6.18 Å². The smallest absolute Gasteiger partial charge is 0.378 e. The van der Waals surface area contributed by atoms with Gasteiger partial charge in [0.15, 0.2) is 5.78 Å². The highest BCUT2D eigenvalue weighted by Crippen LogP contribution is 2.49. The molecule has 7 heteroatoms. The third-order valence-corrected chi connectivity index (χ3v) is 7.21. The lowest BCUT2D eigenvalue weighted by molar-refractivity contribution is -0.137. The molecule has 2 aliphatic carbocycles. The van der Waals surface area contributed by atoms with E-state index >= 15 is 0 Å². The van der Waals surface area contributed by atoms with E-state index in [1.807, 2.05) is 0 Å². The third kappa shape index (κ3) is 4.70. The van der Waals surface area contributed by atoms with Crippen molar-refractivity contribution in [1.82, 2.24) is 0 Å². The molecule has 2 fully saturated rings. The average Bonchev–Trinajstić information content (AvgIpc) is 3.25. The Labute approximate surface area is 192 Å². The SMILES string of the molecule is COCC1=C(C(=O)c2ccc(C(F)(F)F)cc2)C(C2CCCC2)C2C(=O)CC(C)(C)CC2=N1. The Morgan fingerprint density at radius 1 is 1.12 bits per heavy atom. The van der Waals surface area contributed by atoms with Gasteiger partial charge in [0, 0.05) is 36.3 Å². The number of methoxy groups -OCH3 is 1. The number of Topliss-reactive ketones (excluding diaryl/α,β-unsaturated/α-hetero) is 2. The molecule has 0 bridgehead atoms. The summed E-state index contributed by atoms with van der Waals surface area (Å²) in [6, 6.07) is 4.30. The number of alkyl halides is 3. The van der Waals surface area contributed by atoms with Crippen LogP contribution in [0.1, 0.15) is 68.3 Å². The Kier molecular flexibility index (Phi) is 6.38. The first-order chi connectivity index (χ1) is 15.5. The van der Waals surface area contributed by atoms with E-state index in [4.69, 9.17) is 9.73 Å². The summed E-state index contributed by atoms with van der Waals surface area (Å²) in [5.74, 6) is -0.811. The Balaban J connectivity index is 1.82. The van der Waals surface area contributed by atoms with Gasteiger partial charge in [-0.15, -0.1) is 0 Å². The second kappa shape index (κ2) is 8.82. The standard InChI is InChI=1S/C26H30F3NO3/c1-25(2)12-18-22(20(31)13-25)21(15-6-4-5-7-15)23(19(30-18)14-33-3)24(32)16-8-10-17(11-9-16)26(27,28)29/h8-11,15,21-22H,4-7,12-14H2,1-3H3. The van der Waals surface area contributed by atoms with Gasteiger partial charge in [-0.3, -0.25) is 14.6 Å². The summed E-state index contributed by atoms with van der Waals surface area (Å²) in [4.78, 5) is 31.9. The molecule has 1 aliphatic heterocycles. The highest BCUT2D eigenvalue weighted by molar-refractivity contribution is 6.15. The molecule has 0 spiro atoms. The van der Waals surface area contributed by atoms with Crippen molar-refractivity contribution in [1.29, 1.82) is 0 Å². The molecular formula is C26H30F3NO3. The van der Waals surface area contributed by atoms with E-state index in [0.29, 0.717) is 24.1 Å². The van der Waals surface area contributed by atoms with E-state index in [1.165, 1.54) is 19.2 Å². The van der Waals surface area contributed by atoms with Crippen molar-refractivity contribution in [2.24, 2.45) is 28.2 Å². The summed E-state index contributed by atoms with van der Waals surface area (Å²) in [5.41, 5.74) is 0.966. The highest BCUT2D eigenvalue weighted by atomic mass is 19.4. The first-order valence-electron chi connectivity index (χ1n) is 11.6. The number of aliphatic imine (C=N–C) groups is 1. The normalized spacial score (nSPS) is 25.8. The fourth-order valence-corrected chi connectivity index (χ4v) is 5.86. The molecule has 178 valence electrons. The molecule has 0 amide bonds. The van der Waals surface area contributed by atoms with Crippen LogP contribution in [-0.4, -0.2) is 31.0 Å². The summed E-state index contributed by atoms with van der Waals surface area (Å²) in [6.07, 6.45) is 0.579. The molecule has 2 saturated carbocycles. The molecular weight excluding hydrogens is 431 g/mol. The van der Waals surface area contributed by atoms with E-state index in [9.17, 15) is 22.8 Å². The van der Waals surface area contributed by atoms with Crippen molar-refractivity contribution in [3.63, 3.8) is 0 Å². The van der Waals surface area contributed by atoms with Crippen molar-refractivity contribution >= 4 is 17.3 Å². The molecule has 0 aromatic heterocycles. The van der Waals surface area contributed by atoms with Crippen molar-refractivity contribution in [2.45, 2.75) is 58.5 Å². The number of carbonyl (C=O) groups excluding carboxylic acids is 2. The van der Waals surface area contributed by atoms with Crippen LogP contribution >= 0.6 is 0 Å². The van der Waals surface area contributed by atoms with Gasteiger partial charge in [0.2, 0.25) is 0 Å². The number of nitrogens with zero attached hydrogens (tertiary/aromatic N) is 1. The van der Waals surface area contributed by atoms with Gasteiger partial charge in [-0.05, 0) is 42.7 Å². The minimum absolute atomic E-state index is 0.107. The molecule has 1 aromatic rings. The van der Waals surface area contributed by atoms with E-state index in [-0.39, 0.29) is 41.0 Å². The molecule has 4 rings (SSSR count). The zero-order valence-corrected chi connectivity index (χ0v) is 19.3. The van der Waals surface area contributed by atoms with E-state index in [2.05, 4.69) is 13.8 Å². The Hall–Kier alpha value is -2.28. The fraction of sp³-hybridized carbons (Fsp3) is 0.577. The molecule has 33 heavy (non-hydrogen) atoms. The van der Waals surface area contributed by atoms with E-state index in [1.54, 1.807) is 0 Å². The molecule has 2 atom stereocenters. The van der Waals surface area contributed by atoms with Gasteiger partial charge in [0.05, 0.1) is 23.8 Å². The van der Waals surface area contributed by atoms with Gasteiger partial charge in [0.25, 0.3) is 0 Å². The lowest BCUT2D eigenvalue weighted by Gasteiger charge is -2.43. The maximum atomic E-state index is 13.7. The molecule has 3 aliphatic rings. The van der Waals surface area contributed by atoms with Crippen LogP contribution in [0, 0.1) is 23.2 Å². The second-order valence-electron chi connectivity index (χ2n) is 10.3. The highest BCUT2D eigenvalue weighted by Gasteiger charge is 2.50. The van der Waals surface area contributed by atoms with Crippen molar-refractivity contribution < 1.29 is 27.5 Å². The number of halogens is 3. The van der Waals surface area contributed by atoms with Crippen LogP contribution in [0.4, 0.5) is 13.2 Å². The first-order valence-corrected chi connectivity index (χ1v) is 11.6. The molecule has 0 saturated heterocycles. The van der Waals surface area contributed by atoms with Crippen LogP contribution in [0.25, 0.3) is 0 Å². The van der Waals surface area contributed by atoms with E-state index in [0.717, 1.165) is 43.5 Å². The number of carbonyl (C=O) groups is 2. The number of hydrogen-bond acceptors (Lipinski definition) is 4. The van der Waals surface area contributed by atoms with Gasteiger partial charge in [-0.2, -0.15) is 13.2 Å².